The normalized spacial score (nSPS) is 11.3. The molecular weight excluding hydrogens is 386 g/mol. The SMILES string of the molecule is Cc1ccc2c(c1)c1ccccc1c1ccccc1c1ccccc1n2-c1ccccc1. The van der Waals surface area contributed by atoms with E-state index >= 15 is 0 Å². The highest BCUT2D eigenvalue weighted by Crippen LogP contribution is 2.34. The maximum absolute atomic E-state index is 2.41. The van der Waals surface area contributed by atoms with Gasteiger partial charge in [-0.05, 0) is 58.8 Å². The second-order valence-corrected chi connectivity index (χ2v) is 8.30. The molecule has 0 bridgehead atoms. The van der Waals surface area contributed by atoms with Gasteiger partial charge in [0, 0.05) is 16.5 Å². The summed E-state index contributed by atoms with van der Waals surface area (Å²) in [5, 5.41) is 7.51. The lowest BCUT2D eigenvalue weighted by Gasteiger charge is -2.14. The van der Waals surface area contributed by atoms with Crippen LogP contribution in [-0.2, 0) is 0 Å². The van der Waals surface area contributed by atoms with E-state index in [0.29, 0.717) is 0 Å². The second kappa shape index (κ2) is 7.55. The van der Waals surface area contributed by atoms with Crippen molar-refractivity contribution in [3.8, 4) is 5.69 Å². The summed E-state index contributed by atoms with van der Waals surface area (Å²) in [4.78, 5) is 0. The Kier molecular flexibility index (Phi) is 4.40. The van der Waals surface area contributed by atoms with Gasteiger partial charge in [0.25, 0.3) is 0 Å². The Bertz CT molecular complexity index is 1670. The Balaban J connectivity index is 2.08. The molecule has 152 valence electrons. The molecule has 0 aliphatic carbocycles. The first-order valence-electron chi connectivity index (χ1n) is 11.1. The van der Waals surface area contributed by atoms with E-state index in [0.717, 1.165) is 5.69 Å². The van der Waals surface area contributed by atoms with E-state index in [1.165, 1.54) is 48.9 Å². The van der Waals surface area contributed by atoms with E-state index in [4.69, 9.17) is 0 Å². The van der Waals surface area contributed by atoms with Gasteiger partial charge in [-0.3, -0.25) is 0 Å². The highest BCUT2D eigenvalue weighted by molar-refractivity contribution is 6.19. The zero-order valence-corrected chi connectivity index (χ0v) is 18.0. The second-order valence-electron chi connectivity index (χ2n) is 8.30. The van der Waals surface area contributed by atoms with Crippen LogP contribution >= 0.6 is 0 Å². The number of benzene rings is 5. The van der Waals surface area contributed by atoms with Crippen molar-refractivity contribution in [3.05, 3.63) is 127 Å². The molecule has 0 saturated carbocycles. The van der Waals surface area contributed by atoms with Crippen molar-refractivity contribution in [1.29, 1.82) is 0 Å². The third kappa shape index (κ3) is 2.94. The highest BCUT2D eigenvalue weighted by Gasteiger charge is 2.10. The van der Waals surface area contributed by atoms with E-state index in [9.17, 15) is 0 Å². The predicted molar refractivity (Wildman–Crippen MR) is 138 cm³/mol. The Morgan fingerprint density at radius 2 is 0.875 bits per heavy atom. The zero-order valence-electron chi connectivity index (χ0n) is 18.0. The predicted octanol–water partition coefficient (Wildman–Crippen LogP) is 8.52. The van der Waals surface area contributed by atoms with Crippen LogP contribution in [0.5, 0.6) is 0 Å². The van der Waals surface area contributed by atoms with E-state index in [-0.39, 0.29) is 0 Å². The summed E-state index contributed by atoms with van der Waals surface area (Å²) in [6, 6.07) is 43.8. The quantitative estimate of drug-likeness (QED) is 0.256. The topological polar surface area (TPSA) is 4.93 Å². The molecule has 6 aromatic rings. The minimum absolute atomic E-state index is 1.15. The molecule has 32 heavy (non-hydrogen) atoms. The van der Waals surface area contributed by atoms with Crippen LogP contribution in [0.4, 0.5) is 0 Å². The number of para-hydroxylation sites is 2. The fourth-order valence-corrected chi connectivity index (χ4v) is 4.85. The lowest BCUT2D eigenvalue weighted by molar-refractivity contribution is 1.17. The molecule has 1 aromatic heterocycles. The lowest BCUT2D eigenvalue weighted by atomic mass is 10.0. The first-order chi connectivity index (χ1) is 15.8. The third-order valence-corrected chi connectivity index (χ3v) is 6.28. The summed E-state index contributed by atoms with van der Waals surface area (Å²) < 4.78 is 2.41. The van der Waals surface area contributed by atoms with Crippen molar-refractivity contribution in [1.82, 2.24) is 4.57 Å². The van der Waals surface area contributed by atoms with E-state index in [1.54, 1.807) is 0 Å². The van der Waals surface area contributed by atoms with Crippen molar-refractivity contribution in [3.63, 3.8) is 0 Å². The highest BCUT2D eigenvalue weighted by atomic mass is 15.0. The van der Waals surface area contributed by atoms with Crippen LogP contribution in [-0.4, -0.2) is 4.57 Å². The van der Waals surface area contributed by atoms with Crippen LogP contribution in [0.1, 0.15) is 5.56 Å². The number of hydrogen-bond donors (Lipinski definition) is 0. The minimum Gasteiger partial charge on any atom is -0.309 e. The van der Waals surface area contributed by atoms with Gasteiger partial charge in [-0.1, -0.05) is 96.6 Å². The Morgan fingerprint density at radius 1 is 0.406 bits per heavy atom. The summed E-state index contributed by atoms with van der Waals surface area (Å²) in [6.07, 6.45) is 0. The molecule has 0 saturated heterocycles. The number of nitrogens with zero attached hydrogens (tertiary/aromatic N) is 1. The summed E-state index contributed by atoms with van der Waals surface area (Å²) in [5.41, 5.74) is 4.79. The van der Waals surface area contributed by atoms with E-state index in [2.05, 4.69) is 133 Å². The molecule has 0 fully saturated rings. The fourth-order valence-electron chi connectivity index (χ4n) is 4.85. The molecule has 6 rings (SSSR count). The molecule has 5 aromatic carbocycles. The van der Waals surface area contributed by atoms with Crippen LogP contribution in [0.3, 0.4) is 0 Å². The average Bonchev–Trinajstić information content (AvgIpc) is 2.89. The van der Waals surface area contributed by atoms with Crippen molar-refractivity contribution in [2.24, 2.45) is 0 Å². The van der Waals surface area contributed by atoms with Crippen LogP contribution in [0.15, 0.2) is 121 Å². The maximum atomic E-state index is 2.41. The Labute approximate surface area is 187 Å². The van der Waals surface area contributed by atoms with Crippen molar-refractivity contribution in [2.45, 2.75) is 6.92 Å². The Hall–Kier alpha value is -4.10. The van der Waals surface area contributed by atoms with Gasteiger partial charge in [-0.2, -0.15) is 0 Å². The van der Waals surface area contributed by atoms with Gasteiger partial charge in [-0.25, -0.2) is 0 Å². The molecule has 1 heteroatoms. The standard InChI is InChI=1S/C31H23N/c1-22-19-20-31-29(21-22)27-16-8-6-14-25(27)24-13-5-7-15-26(24)28-17-9-10-18-30(28)32(31)23-11-3-2-4-12-23/h2-21H,1H3. The number of aryl methyl sites for hydroxylation is 1. The molecule has 0 unspecified atom stereocenters. The van der Waals surface area contributed by atoms with Crippen LogP contribution < -0.4 is 0 Å². The molecular formula is C31H23N. The van der Waals surface area contributed by atoms with Gasteiger partial charge in [0.2, 0.25) is 0 Å². The van der Waals surface area contributed by atoms with Gasteiger partial charge < -0.3 is 4.57 Å². The molecule has 0 atom stereocenters. The molecule has 0 aliphatic heterocycles. The Morgan fingerprint density at radius 3 is 1.53 bits per heavy atom. The molecule has 1 heterocycles. The number of rotatable bonds is 1. The minimum atomic E-state index is 1.15. The largest absolute Gasteiger partial charge is 0.309 e. The number of hydrogen-bond acceptors (Lipinski definition) is 0. The summed E-state index contributed by atoms with van der Waals surface area (Å²) in [7, 11) is 0. The zero-order chi connectivity index (χ0) is 21.5. The van der Waals surface area contributed by atoms with Crippen LogP contribution in [0.25, 0.3) is 49.0 Å². The molecule has 0 N–H and O–H groups in total. The van der Waals surface area contributed by atoms with Gasteiger partial charge in [-0.15, -0.1) is 0 Å². The third-order valence-electron chi connectivity index (χ3n) is 6.28. The number of fused-ring (bicyclic) bond motifs is 7. The smallest absolute Gasteiger partial charge is 0.0540 e. The van der Waals surface area contributed by atoms with Gasteiger partial charge >= 0.3 is 0 Å². The first kappa shape index (κ1) is 18.7. The van der Waals surface area contributed by atoms with Crippen LogP contribution in [0.2, 0.25) is 0 Å². The molecule has 1 nitrogen and oxygen atoms in total. The van der Waals surface area contributed by atoms with Gasteiger partial charge in [0.05, 0.1) is 11.0 Å². The number of aromatic nitrogens is 1. The molecule has 0 radical (unpaired) electrons. The van der Waals surface area contributed by atoms with Crippen LogP contribution in [0, 0.1) is 6.92 Å². The van der Waals surface area contributed by atoms with Crippen molar-refractivity contribution >= 4 is 43.4 Å². The summed E-state index contributed by atoms with van der Waals surface area (Å²) in [6.45, 7) is 2.17. The summed E-state index contributed by atoms with van der Waals surface area (Å²) >= 11 is 0. The van der Waals surface area contributed by atoms with E-state index < -0.39 is 0 Å². The van der Waals surface area contributed by atoms with Crippen molar-refractivity contribution < 1.29 is 0 Å². The lowest BCUT2D eigenvalue weighted by Crippen LogP contribution is -1.97. The molecule has 0 aliphatic rings. The first-order valence-corrected chi connectivity index (χ1v) is 11.1. The molecule has 0 amide bonds. The van der Waals surface area contributed by atoms with E-state index in [1.807, 2.05) is 0 Å². The average molecular weight is 410 g/mol. The maximum Gasteiger partial charge on any atom is 0.0540 e. The van der Waals surface area contributed by atoms with Crippen molar-refractivity contribution in [2.75, 3.05) is 0 Å². The monoisotopic (exact) mass is 409 g/mol. The molecule has 0 spiro atoms. The fraction of sp³-hybridized carbons (Fsp3) is 0.0323. The van der Waals surface area contributed by atoms with Gasteiger partial charge in [0.15, 0.2) is 0 Å². The van der Waals surface area contributed by atoms with Gasteiger partial charge in [0.1, 0.15) is 0 Å². The summed E-state index contributed by atoms with van der Waals surface area (Å²) in [5.74, 6) is 0.